The summed E-state index contributed by atoms with van der Waals surface area (Å²) in [7, 11) is 0. The Morgan fingerprint density at radius 3 is 2.75 bits per heavy atom. The highest BCUT2D eigenvalue weighted by atomic mass is 32.1. The zero-order valence-electron chi connectivity index (χ0n) is 15.0. The van der Waals surface area contributed by atoms with E-state index in [0.717, 1.165) is 27.5 Å². The first-order valence-electron chi connectivity index (χ1n) is 8.56. The maximum atomic E-state index is 12.4. The van der Waals surface area contributed by atoms with Crippen molar-refractivity contribution in [3.8, 4) is 10.6 Å². The third-order valence-electron chi connectivity index (χ3n) is 4.09. The Morgan fingerprint density at radius 1 is 1.18 bits per heavy atom. The molecule has 28 heavy (non-hydrogen) atoms. The third-order valence-corrected chi connectivity index (χ3v) is 5.74. The molecule has 4 rings (SSSR count). The fourth-order valence-corrected chi connectivity index (χ4v) is 3.99. The van der Waals surface area contributed by atoms with Crippen LogP contribution in [0.5, 0.6) is 0 Å². The van der Waals surface area contributed by atoms with Gasteiger partial charge >= 0.3 is 0 Å². The average Bonchev–Trinajstić information content (AvgIpc) is 3.45. The Kier molecular flexibility index (Phi) is 5.61. The molecule has 1 amide bonds. The van der Waals surface area contributed by atoms with Crippen LogP contribution in [0.2, 0.25) is 0 Å². The minimum atomic E-state index is -0.181. The molecule has 0 spiro atoms. The predicted octanol–water partition coefficient (Wildman–Crippen LogP) is 5.14. The Morgan fingerprint density at radius 2 is 2.04 bits per heavy atom. The number of carbonyl (C=O) groups is 1. The zero-order valence-corrected chi connectivity index (χ0v) is 16.7. The molecular weight excluding hydrogens is 394 g/mol. The predicted molar refractivity (Wildman–Crippen MR) is 110 cm³/mol. The molecule has 1 N–H and O–H groups in total. The van der Waals surface area contributed by atoms with E-state index in [1.807, 2.05) is 41.9 Å². The van der Waals surface area contributed by atoms with Gasteiger partial charge in [-0.05, 0) is 36.1 Å². The number of aromatic nitrogens is 2. The first-order valence-corrected chi connectivity index (χ1v) is 10.3. The maximum Gasteiger partial charge on any atom is 0.257 e. The van der Waals surface area contributed by atoms with Crippen LogP contribution in [0.3, 0.4) is 0 Å². The fourth-order valence-electron chi connectivity index (χ4n) is 2.53. The second-order valence-electron chi connectivity index (χ2n) is 6.07. The van der Waals surface area contributed by atoms with Crippen LogP contribution in [0, 0.1) is 6.92 Å². The van der Waals surface area contributed by atoms with Crippen molar-refractivity contribution in [1.82, 2.24) is 10.1 Å². The van der Waals surface area contributed by atoms with Crippen molar-refractivity contribution < 1.29 is 14.1 Å². The van der Waals surface area contributed by atoms with Crippen LogP contribution in [-0.4, -0.2) is 16.0 Å². The molecule has 0 aliphatic rings. The van der Waals surface area contributed by atoms with Gasteiger partial charge in [-0.15, -0.1) is 22.7 Å². The lowest BCUT2D eigenvalue weighted by atomic mass is 10.1. The largest absolute Gasteiger partial charge is 0.372 e. The van der Waals surface area contributed by atoms with Crippen LogP contribution in [0.25, 0.3) is 10.6 Å². The highest BCUT2D eigenvalue weighted by Gasteiger charge is 2.11. The second kappa shape index (κ2) is 8.47. The van der Waals surface area contributed by atoms with Gasteiger partial charge in [0, 0.05) is 16.5 Å². The number of nitrogens with one attached hydrogen (secondary N) is 1. The highest BCUT2D eigenvalue weighted by Crippen LogP contribution is 2.28. The van der Waals surface area contributed by atoms with E-state index in [9.17, 15) is 4.79 Å². The summed E-state index contributed by atoms with van der Waals surface area (Å²) < 4.78 is 10.7. The highest BCUT2D eigenvalue weighted by molar-refractivity contribution is 7.16. The summed E-state index contributed by atoms with van der Waals surface area (Å²) in [6, 6.07) is 11.3. The summed E-state index contributed by atoms with van der Waals surface area (Å²) in [5.41, 5.74) is 3.37. The van der Waals surface area contributed by atoms with Gasteiger partial charge < -0.3 is 9.26 Å². The summed E-state index contributed by atoms with van der Waals surface area (Å²) in [6.45, 7) is 2.74. The molecule has 0 saturated carbocycles. The van der Waals surface area contributed by atoms with Crippen LogP contribution < -0.4 is 5.32 Å². The molecular formula is C20H17N3O3S2. The molecule has 4 aromatic rings. The Hall–Kier alpha value is -2.81. The molecule has 0 atom stereocenters. The van der Waals surface area contributed by atoms with Crippen molar-refractivity contribution >= 4 is 33.7 Å². The third kappa shape index (κ3) is 4.36. The van der Waals surface area contributed by atoms with Crippen LogP contribution in [0.1, 0.15) is 27.2 Å². The molecule has 6 nitrogen and oxygen atoms in total. The van der Waals surface area contributed by atoms with E-state index in [1.165, 1.54) is 11.3 Å². The standard InChI is InChI=1S/C20H17N3O3S2/c1-13-16(9-21-26-13)11-25-10-14-4-6-15(7-5-14)19(24)23-20-22-17(12-28-20)18-3-2-8-27-18/h2-9,12H,10-11H2,1H3,(H,22,23,24). The molecule has 0 fully saturated rings. The molecule has 1 aromatic carbocycles. The summed E-state index contributed by atoms with van der Waals surface area (Å²) in [5.74, 6) is 0.580. The van der Waals surface area contributed by atoms with Crippen molar-refractivity contribution in [2.24, 2.45) is 0 Å². The minimum Gasteiger partial charge on any atom is -0.372 e. The molecule has 142 valence electrons. The van der Waals surface area contributed by atoms with Crippen LogP contribution >= 0.6 is 22.7 Å². The number of thiophene rings is 1. The lowest BCUT2D eigenvalue weighted by molar-refractivity contribution is 0.102. The first kappa shape index (κ1) is 18.5. The summed E-state index contributed by atoms with van der Waals surface area (Å²) >= 11 is 3.04. The molecule has 0 radical (unpaired) electrons. The van der Waals surface area contributed by atoms with Gasteiger partial charge in [-0.3, -0.25) is 10.1 Å². The number of hydrogen-bond acceptors (Lipinski definition) is 7. The number of aryl methyl sites for hydroxylation is 1. The Balaban J connectivity index is 1.32. The molecule has 0 aliphatic heterocycles. The molecule has 0 aliphatic carbocycles. The van der Waals surface area contributed by atoms with Crippen molar-refractivity contribution in [3.63, 3.8) is 0 Å². The van der Waals surface area contributed by atoms with Crippen molar-refractivity contribution in [2.75, 3.05) is 5.32 Å². The minimum absolute atomic E-state index is 0.181. The number of carbonyl (C=O) groups excluding carboxylic acids is 1. The molecule has 0 bridgehead atoms. The van der Waals surface area contributed by atoms with E-state index in [1.54, 1.807) is 29.7 Å². The molecule has 3 heterocycles. The van der Waals surface area contributed by atoms with Gasteiger partial charge in [-0.1, -0.05) is 23.4 Å². The maximum absolute atomic E-state index is 12.4. The second-order valence-corrected chi connectivity index (χ2v) is 7.87. The lowest BCUT2D eigenvalue weighted by Gasteiger charge is -2.05. The number of hydrogen-bond donors (Lipinski definition) is 1. The van der Waals surface area contributed by atoms with Gasteiger partial charge in [0.15, 0.2) is 5.13 Å². The van der Waals surface area contributed by atoms with Crippen molar-refractivity contribution in [1.29, 1.82) is 0 Å². The average molecular weight is 412 g/mol. The van der Waals surface area contributed by atoms with Crippen LogP contribution in [-0.2, 0) is 18.0 Å². The van der Waals surface area contributed by atoms with E-state index in [2.05, 4.69) is 15.5 Å². The number of rotatable bonds is 7. The topological polar surface area (TPSA) is 77.2 Å². The van der Waals surface area contributed by atoms with E-state index in [-0.39, 0.29) is 5.91 Å². The molecule has 0 unspecified atom stereocenters. The van der Waals surface area contributed by atoms with Gasteiger partial charge in [0.2, 0.25) is 0 Å². The van der Waals surface area contributed by atoms with Crippen LogP contribution in [0.15, 0.2) is 57.9 Å². The summed E-state index contributed by atoms with van der Waals surface area (Å²) in [6.07, 6.45) is 1.66. The zero-order chi connectivity index (χ0) is 19.3. The van der Waals surface area contributed by atoms with E-state index in [0.29, 0.717) is 23.9 Å². The number of anilines is 1. The normalized spacial score (nSPS) is 10.9. The van der Waals surface area contributed by atoms with Gasteiger partial charge in [0.1, 0.15) is 5.76 Å². The van der Waals surface area contributed by atoms with Gasteiger partial charge in [-0.25, -0.2) is 4.98 Å². The SMILES string of the molecule is Cc1oncc1COCc1ccc(C(=O)Nc2nc(-c3cccs3)cs2)cc1. The fraction of sp³-hybridized carbons (Fsp3) is 0.150. The van der Waals surface area contributed by atoms with Gasteiger partial charge in [0.25, 0.3) is 5.91 Å². The lowest BCUT2D eigenvalue weighted by Crippen LogP contribution is -2.11. The van der Waals surface area contributed by atoms with Gasteiger partial charge in [0.05, 0.1) is 30.0 Å². The molecule has 8 heteroatoms. The quantitative estimate of drug-likeness (QED) is 0.456. The smallest absolute Gasteiger partial charge is 0.257 e. The number of thiazole rings is 1. The number of ether oxygens (including phenoxy) is 1. The molecule has 0 saturated heterocycles. The number of amides is 1. The first-order chi connectivity index (χ1) is 13.7. The number of benzene rings is 1. The van der Waals surface area contributed by atoms with E-state index in [4.69, 9.17) is 9.26 Å². The summed E-state index contributed by atoms with van der Waals surface area (Å²) in [4.78, 5) is 18.0. The summed E-state index contributed by atoms with van der Waals surface area (Å²) in [5, 5.41) is 11.1. The van der Waals surface area contributed by atoms with Gasteiger partial charge in [-0.2, -0.15) is 0 Å². The number of nitrogens with zero attached hydrogens (tertiary/aromatic N) is 2. The van der Waals surface area contributed by atoms with E-state index >= 15 is 0 Å². The van der Waals surface area contributed by atoms with E-state index < -0.39 is 0 Å². The Labute approximate surface area is 169 Å². The van der Waals surface area contributed by atoms with Crippen molar-refractivity contribution in [2.45, 2.75) is 20.1 Å². The van der Waals surface area contributed by atoms with Crippen molar-refractivity contribution in [3.05, 3.63) is 75.8 Å². The Bertz CT molecular complexity index is 1050. The molecule has 3 aromatic heterocycles. The van der Waals surface area contributed by atoms with Crippen LogP contribution in [0.4, 0.5) is 5.13 Å². The monoisotopic (exact) mass is 411 g/mol.